The number of rotatable bonds is 8. The van der Waals surface area contributed by atoms with Gasteiger partial charge in [0.2, 0.25) is 5.91 Å². The van der Waals surface area contributed by atoms with E-state index >= 15 is 0 Å². The smallest absolute Gasteiger partial charge is 0.326 e. The van der Waals surface area contributed by atoms with Gasteiger partial charge in [0.1, 0.15) is 18.4 Å². The third-order valence-corrected chi connectivity index (χ3v) is 2.50. The Morgan fingerprint density at radius 3 is 2.50 bits per heavy atom. The molecule has 0 aliphatic carbocycles. The van der Waals surface area contributed by atoms with Crippen LogP contribution >= 0.6 is 0 Å². The van der Waals surface area contributed by atoms with Crippen molar-refractivity contribution in [2.45, 2.75) is 12.5 Å². The average molecular weight is 282 g/mol. The molecule has 0 heterocycles. The van der Waals surface area contributed by atoms with E-state index in [9.17, 15) is 9.59 Å². The Morgan fingerprint density at radius 2 is 1.95 bits per heavy atom. The van der Waals surface area contributed by atoms with Crippen LogP contribution in [0.1, 0.15) is 5.56 Å². The summed E-state index contributed by atoms with van der Waals surface area (Å²) >= 11 is 0. The zero-order valence-electron chi connectivity index (χ0n) is 10.9. The van der Waals surface area contributed by atoms with Crippen molar-refractivity contribution in [1.82, 2.24) is 5.32 Å². The fourth-order valence-corrected chi connectivity index (χ4v) is 1.55. The molecule has 7 nitrogen and oxygen atoms in total. The van der Waals surface area contributed by atoms with Crippen LogP contribution in [0.3, 0.4) is 0 Å². The number of aliphatic carboxylic acids is 1. The van der Waals surface area contributed by atoms with E-state index in [0.29, 0.717) is 12.1 Å². The van der Waals surface area contributed by atoms with Crippen molar-refractivity contribution in [3.8, 4) is 5.75 Å². The molecule has 0 bridgehead atoms. The zero-order valence-corrected chi connectivity index (χ0v) is 10.9. The van der Waals surface area contributed by atoms with Crippen LogP contribution in [0.4, 0.5) is 0 Å². The molecule has 1 aromatic rings. The van der Waals surface area contributed by atoms with E-state index in [0.717, 1.165) is 0 Å². The molecule has 20 heavy (non-hydrogen) atoms. The van der Waals surface area contributed by atoms with Crippen molar-refractivity contribution in [1.29, 1.82) is 0 Å². The Balaban J connectivity index is 2.54. The number of hydrogen-bond acceptors (Lipinski definition) is 5. The lowest BCUT2D eigenvalue weighted by Gasteiger charge is -2.14. The number of nitrogens with two attached hydrogens (primary N) is 1. The van der Waals surface area contributed by atoms with Gasteiger partial charge in [-0.15, -0.1) is 0 Å². The number of phenols is 1. The Hall–Kier alpha value is -2.12. The second-order valence-corrected chi connectivity index (χ2v) is 4.17. The fraction of sp³-hybridized carbons (Fsp3) is 0.385. The highest BCUT2D eigenvalue weighted by atomic mass is 16.5. The first-order chi connectivity index (χ1) is 9.52. The van der Waals surface area contributed by atoms with E-state index in [1.165, 1.54) is 12.1 Å². The van der Waals surface area contributed by atoms with Crippen molar-refractivity contribution in [2.75, 3.05) is 19.8 Å². The lowest BCUT2D eigenvalue weighted by atomic mass is 10.1. The molecule has 1 amide bonds. The SMILES string of the molecule is NCCOCC(=O)N[C@H](Cc1ccc(O)cc1)C(=O)O. The van der Waals surface area contributed by atoms with Crippen LogP contribution in [0.25, 0.3) is 0 Å². The number of benzene rings is 1. The summed E-state index contributed by atoms with van der Waals surface area (Å²) in [5, 5.41) is 20.6. The monoisotopic (exact) mass is 282 g/mol. The van der Waals surface area contributed by atoms with Gasteiger partial charge in [0.15, 0.2) is 0 Å². The molecule has 5 N–H and O–H groups in total. The number of ether oxygens (including phenoxy) is 1. The molecule has 1 rings (SSSR count). The molecule has 0 saturated heterocycles. The van der Waals surface area contributed by atoms with Crippen molar-refractivity contribution in [3.63, 3.8) is 0 Å². The van der Waals surface area contributed by atoms with E-state index in [-0.39, 0.29) is 25.4 Å². The molecular weight excluding hydrogens is 264 g/mol. The quantitative estimate of drug-likeness (QED) is 0.476. The van der Waals surface area contributed by atoms with Crippen molar-refractivity contribution >= 4 is 11.9 Å². The highest BCUT2D eigenvalue weighted by Gasteiger charge is 2.20. The number of carbonyl (C=O) groups is 2. The van der Waals surface area contributed by atoms with Gasteiger partial charge in [-0.2, -0.15) is 0 Å². The van der Waals surface area contributed by atoms with Gasteiger partial charge < -0.3 is 26.0 Å². The Morgan fingerprint density at radius 1 is 1.30 bits per heavy atom. The van der Waals surface area contributed by atoms with Crippen LogP contribution in [0.15, 0.2) is 24.3 Å². The maximum atomic E-state index is 11.5. The third-order valence-electron chi connectivity index (χ3n) is 2.50. The Labute approximate surface area is 116 Å². The minimum absolute atomic E-state index is 0.0971. The van der Waals surface area contributed by atoms with Gasteiger partial charge in [-0.25, -0.2) is 4.79 Å². The molecule has 1 atom stereocenters. The van der Waals surface area contributed by atoms with E-state index in [4.69, 9.17) is 20.7 Å². The van der Waals surface area contributed by atoms with Gasteiger partial charge in [-0.1, -0.05) is 12.1 Å². The zero-order chi connectivity index (χ0) is 15.0. The summed E-state index contributed by atoms with van der Waals surface area (Å²) in [6, 6.07) is 5.07. The molecule has 7 heteroatoms. The summed E-state index contributed by atoms with van der Waals surface area (Å²) in [7, 11) is 0. The molecule has 0 fully saturated rings. The minimum atomic E-state index is -1.13. The van der Waals surface area contributed by atoms with Gasteiger partial charge in [0.25, 0.3) is 0 Å². The van der Waals surface area contributed by atoms with Crippen LogP contribution < -0.4 is 11.1 Å². The molecule has 0 aliphatic rings. The largest absolute Gasteiger partial charge is 0.508 e. The van der Waals surface area contributed by atoms with Gasteiger partial charge in [-0.3, -0.25) is 4.79 Å². The van der Waals surface area contributed by atoms with Crippen molar-refractivity contribution in [3.05, 3.63) is 29.8 Å². The molecule has 110 valence electrons. The number of carboxylic acids is 1. The second kappa shape index (κ2) is 8.13. The van der Waals surface area contributed by atoms with Crippen LogP contribution in [0.5, 0.6) is 5.75 Å². The first-order valence-corrected chi connectivity index (χ1v) is 6.11. The normalized spacial score (nSPS) is 11.8. The summed E-state index contributed by atoms with van der Waals surface area (Å²) in [6.45, 7) is 0.308. The lowest BCUT2D eigenvalue weighted by molar-refractivity contribution is -0.142. The number of hydrogen-bond donors (Lipinski definition) is 4. The van der Waals surface area contributed by atoms with Crippen LogP contribution in [-0.2, 0) is 20.7 Å². The van der Waals surface area contributed by atoms with Crippen LogP contribution in [0.2, 0.25) is 0 Å². The van der Waals surface area contributed by atoms with E-state index in [1.807, 2.05) is 0 Å². The maximum Gasteiger partial charge on any atom is 0.326 e. The van der Waals surface area contributed by atoms with Crippen molar-refractivity contribution in [2.24, 2.45) is 5.73 Å². The summed E-state index contributed by atoms with van der Waals surface area (Å²) in [5.41, 5.74) is 5.90. The molecule has 0 radical (unpaired) electrons. The number of carbonyl (C=O) groups excluding carboxylic acids is 1. The van der Waals surface area contributed by atoms with E-state index in [2.05, 4.69) is 5.32 Å². The third kappa shape index (κ3) is 5.68. The molecule has 0 spiro atoms. The Bertz CT molecular complexity index is 447. The summed E-state index contributed by atoms with van der Waals surface area (Å²) < 4.78 is 4.93. The number of nitrogens with one attached hydrogen (secondary N) is 1. The number of amides is 1. The molecule has 0 saturated carbocycles. The molecule has 0 unspecified atom stereocenters. The van der Waals surface area contributed by atoms with Gasteiger partial charge in [0.05, 0.1) is 6.61 Å². The molecule has 0 aromatic heterocycles. The standard InChI is InChI=1S/C13H18N2O5/c14-5-6-20-8-12(17)15-11(13(18)19)7-9-1-3-10(16)4-2-9/h1-4,11,16H,5-8,14H2,(H,15,17)(H,18,19)/t11-/m1/s1. The van der Waals surface area contributed by atoms with E-state index in [1.54, 1.807) is 12.1 Å². The fourth-order valence-electron chi connectivity index (χ4n) is 1.55. The predicted octanol–water partition coefficient (Wildman–Crippen LogP) is -0.521. The summed E-state index contributed by atoms with van der Waals surface area (Å²) in [4.78, 5) is 22.6. The number of aromatic hydroxyl groups is 1. The maximum absolute atomic E-state index is 11.5. The summed E-state index contributed by atoms with van der Waals surface area (Å²) in [6.07, 6.45) is 0.123. The first kappa shape index (κ1) is 15.9. The molecular formula is C13H18N2O5. The molecule has 1 aromatic carbocycles. The first-order valence-electron chi connectivity index (χ1n) is 6.11. The highest BCUT2D eigenvalue weighted by Crippen LogP contribution is 2.11. The van der Waals surface area contributed by atoms with Gasteiger partial charge in [0, 0.05) is 13.0 Å². The van der Waals surface area contributed by atoms with Gasteiger partial charge >= 0.3 is 5.97 Å². The van der Waals surface area contributed by atoms with E-state index < -0.39 is 17.9 Å². The van der Waals surface area contributed by atoms with Crippen LogP contribution in [-0.4, -0.2) is 47.9 Å². The average Bonchev–Trinajstić information content (AvgIpc) is 2.40. The highest BCUT2D eigenvalue weighted by molar-refractivity contribution is 5.84. The minimum Gasteiger partial charge on any atom is -0.508 e. The van der Waals surface area contributed by atoms with Crippen molar-refractivity contribution < 1.29 is 24.5 Å². The number of phenolic OH excluding ortho intramolecular Hbond substituents is 1. The Kier molecular flexibility index (Phi) is 6.48. The lowest BCUT2D eigenvalue weighted by Crippen LogP contribution is -2.44. The van der Waals surface area contributed by atoms with Crippen LogP contribution in [0, 0.1) is 0 Å². The van der Waals surface area contributed by atoms with Gasteiger partial charge in [-0.05, 0) is 17.7 Å². The number of carboxylic acid groups (broad SMARTS) is 1. The predicted molar refractivity (Wildman–Crippen MR) is 71.3 cm³/mol. The second-order valence-electron chi connectivity index (χ2n) is 4.17. The molecule has 0 aliphatic heterocycles. The summed E-state index contributed by atoms with van der Waals surface area (Å²) in [5.74, 6) is -1.55. The topological polar surface area (TPSA) is 122 Å².